The Balaban J connectivity index is 1.55. The molecule has 1 aromatic carbocycles. The van der Waals surface area contributed by atoms with E-state index in [1.54, 1.807) is 6.26 Å². The predicted molar refractivity (Wildman–Crippen MR) is 115 cm³/mol. The number of nitrogens with one attached hydrogen (secondary N) is 1. The molecule has 29 heavy (non-hydrogen) atoms. The summed E-state index contributed by atoms with van der Waals surface area (Å²) in [5, 5.41) is 7.45. The van der Waals surface area contributed by atoms with Crippen LogP contribution in [0.2, 0.25) is 0 Å². The van der Waals surface area contributed by atoms with Crippen LogP contribution in [0.1, 0.15) is 32.0 Å². The maximum atomic E-state index is 5.84. The Bertz CT molecular complexity index is 752. The van der Waals surface area contributed by atoms with E-state index in [4.69, 9.17) is 14.3 Å². The smallest absolute Gasteiger partial charge is 0.194 e. The zero-order valence-electron chi connectivity index (χ0n) is 17.8. The van der Waals surface area contributed by atoms with Gasteiger partial charge in [-0.2, -0.15) is 0 Å². The highest BCUT2D eigenvalue weighted by Crippen LogP contribution is 2.15. The lowest BCUT2D eigenvalue weighted by Gasteiger charge is -2.36. The zero-order valence-corrected chi connectivity index (χ0v) is 17.8. The fourth-order valence-electron chi connectivity index (χ4n) is 3.25. The quantitative estimate of drug-likeness (QED) is 0.544. The first-order chi connectivity index (χ1) is 14.1. The second-order valence-electron chi connectivity index (χ2n) is 7.78. The average molecular weight is 400 g/mol. The van der Waals surface area contributed by atoms with Gasteiger partial charge in [-0.15, -0.1) is 0 Å². The fraction of sp³-hybridized carbons (Fsp3) is 0.545. The van der Waals surface area contributed by atoms with Crippen molar-refractivity contribution in [3.8, 4) is 5.75 Å². The first-order valence-electron chi connectivity index (χ1n) is 10.5. The number of rotatable bonds is 8. The topological polar surface area (TPSA) is 66.1 Å². The van der Waals surface area contributed by atoms with Gasteiger partial charge in [0.25, 0.3) is 0 Å². The summed E-state index contributed by atoms with van der Waals surface area (Å²) in [5.41, 5.74) is 2.14. The van der Waals surface area contributed by atoms with E-state index >= 15 is 0 Å². The van der Waals surface area contributed by atoms with Crippen LogP contribution >= 0.6 is 0 Å². The maximum absolute atomic E-state index is 5.84. The Morgan fingerprint density at radius 2 is 2.07 bits per heavy atom. The summed E-state index contributed by atoms with van der Waals surface area (Å²) in [5.74, 6) is 2.40. The molecule has 1 N–H and O–H groups in total. The molecule has 0 spiro atoms. The summed E-state index contributed by atoms with van der Waals surface area (Å²) in [7, 11) is 0. The fourth-order valence-corrected chi connectivity index (χ4v) is 3.25. The predicted octanol–water partition coefficient (Wildman–Crippen LogP) is 2.99. The number of hydrogen-bond donors (Lipinski definition) is 1. The highest BCUT2D eigenvalue weighted by molar-refractivity contribution is 5.80. The summed E-state index contributed by atoms with van der Waals surface area (Å²) in [4.78, 5) is 9.61. The lowest BCUT2D eigenvalue weighted by atomic mass is 10.2. The van der Waals surface area contributed by atoms with E-state index in [1.165, 1.54) is 0 Å². The van der Waals surface area contributed by atoms with Crippen molar-refractivity contribution >= 4 is 5.96 Å². The largest absolute Gasteiger partial charge is 0.493 e. The van der Waals surface area contributed by atoms with Crippen LogP contribution < -0.4 is 10.1 Å². The van der Waals surface area contributed by atoms with Crippen molar-refractivity contribution in [2.75, 3.05) is 39.3 Å². The van der Waals surface area contributed by atoms with Gasteiger partial charge in [0.15, 0.2) is 5.96 Å². The summed E-state index contributed by atoms with van der Waals surface area (Å²) >= 11 is 0. The lowest BCUT2D eigenvalue weighted by Crippen LogP contribution is -2.52. The molecule has 7 nitrogen and oxygen atoms in total. The molecule has 1 saturated heterocycles. The first-order valence-corrected chi connectivity index (χ1v) is 10.5. The summed E-state index contributed by atoms with van der Waals surface area (Å²) < 4.78 is 10.8. The number of ether oxygens (including phenoxy) is 1. The number of benzene rings is 1. The van der Waals surface area contributed by atoms with Gasteiger partial charge < -0.3 is 19.5 Å². The minimum atomic E-state index is 0.514. The molecule has 0 aliphatic carbocycles. The van der Waals surface area contributed by atoms with Crippen molar-refractivity contribution in [3.63, 3.8) is 0 Å². The number of guanidine groups is 1. The lowest BCUT2D eigenvalue weighted by molar-refractivity contribution is 0.169. The van der Waals surface area contributed by atoms with Gasteiger partial charge in [-0.25, -0.2) is 4.99 Å². The Morgan fingerprint density at radius 1 is 1.24 bits per heavy atom. The van der Waals surface area contributed by atoms with Gasteiger partial charge in [0.05, 0.1) is 18.8 Å². The van der Waals surface area contributed by atoms with Crippen LogP contribution in [0.4, 0.5) is 0 Å². The number of aliphatic imine (C=N–C) groups is 1. The van der Waals surface area contributed by atoms with Crippen molar-refractivity contribution in [1.29, 1.82) is 0 Å². The molecule has 0 radical (unpaired) electrons. The molecule has 7 heteroatoms. The van der Waals surface area contributed by atoms with E-state index in [1.807, 2.05) is 18.2 Å². The number of hydrogen-bond acceptors (Lipinski definition) is 5. The van der Waals surface area contributed by atoms with E-state index in [0.29, 0.717) is 12.5 Å². The third-order valence-corrected chi connectivity index (χ3v) is 4.78. The molecular formula is C22H33N5O2. The van der Waals surface area contributed by atoms with Gasteiger partial charge in [-0.05, 0) is 30.5 Å². The van der Waals surface area contributed by atoms with E-state index in [-0.39, 0.29) is 0 Å². The van der Waals surface area contributed by atoms with Gasteiger partial charge in [-0.3, -0.25) is 4.90 Å². The van der Waals surface area contributed by atoms with Crippen molar-refractivity contribution in [2.45, 2.75) is 33.9 Å². The second kappa shape index (κ2) is 10.9. The van der Waals surface area contributed by atoms with Gasteiger partial charge in [-0.1, -0.05) is 31.1 Å². The van der Waals surface area contributed by atoms with E-state index in [9.17, 15) is 0 Å². The highest BCUT2D eigenvalue weighted by Gasteiger charge is 2.20. The molecule has 158 valence electrons. The highest BCUT2D eigenvalue weighted by atomic mass is 16.5. The van der Waals surface area contributed by atoms with E-state index < -0.39 is 0 Å². The number of aromatic nitrogens is 1. The van der Waals surface area contributed by atoms with Gasteiger partial charge >= 0.3 is 0 Å². The molecular weight excluding hydrogens is 366 g/mol. The molecule has 0 bridgehead atoms. The normalized spacial score (nSPS) is 15.7. The summed E-state index contributed by atoms with van der Waals surface area (Å²) in [6, 6.07) is 10.2. The second-order valence-corrected chi connectivity index (χ2v) is 7.78. The molecule has 0 atom stereocenters. The Labute approximate surface area is 173 Å². The Kier molecular flexibility index (Phi) is 7.93. The minimum Gasteiger partial charge on any atom is -0.493 e. The van der Waals surface area contributed by atoms with Crippen LogP contribution in [0.25, 0.3) is 0 Å². The molecule has 0 amide bonds. The van der Waals surface area contributed by atoms with Crippen LogP contribution in [-0.4, -0.2) is 60.2 Å². The molecule has 1 fully saturated rings. The standard InChI is InChI=1S/C22H33N5O2/c1-4-23-22(24-15-19-6-5-7-21(14-19)28-17-18(2)3)27-11-9-26(10-12-27)16-20-8-13-29-25-20/h5-8,13-14,18H,4,9-12,15-17H2,1-3H3,(H,23,24). The number of nitrogens with zero attached hydrogens (tertiary/aromatic N) is 4. The first kappa shape index (κ1) is 21.2. The third kappa shape index (κ3) is 6.78. The zero-order chi connectivity index (χ0) is 20.5. The van der Waals surface area contributed by atoms with Crippen LogP contribution in [0.15, 0.2) is 46.1 Å². The van der Waals surface area contributed by atoms with Gasteiger partial charge in [0, 0.05) is 45.3 Å². The monoisotopic (exact) mass is 399 g/mol. The van der Waals surface area contributed by atoms with Crippen molar-refractivity contribution in [2.24, 2.45) is 10.9 Å². The average Bonchev–Trinajstić information content (AvgIpc) is 3.24. The molecule has 3 rings (SSSR count). The van der Waals surface area contributed by atoms with Crippen molar-refractivity contribution < 1.29 is 9.26 Å². The molecule has 2 aromatic rings. The SMILES string of the molecule is CCNC(=NCc1cccc(OCC(C)C)c1)N1CCN(Cc2ccon2)CC1. The van der Waals surface area contributed by atoms with Crippen LogP contribution in [0.5, 0.6) is 5.75 Å². The Morgan fingerprint density at radius 3 is 2.76 bits per heavy atom. The van der Waals surface area contributed by atoms with Crippen LogP contribution in [-0.2, 0) is 13.1 Å². The van der Waals surface area contributed by atoms with Crippen molar-refractivity contribution in [1.82, 2.24) is 20.3 Å². The van der Waals surface area contributed by atoms with E-state index in [2.05, 4.69) is 53.2 Å². The maximum Gasteiger partial charge on any atom is 0.194 e. The molecule has 1 aliphatic rings. The van der Waals surface area contributed by atoms with Crippen LogP contribution in [0, 0.1) is 5.92 Å². The van der Waals surface area contributed by atoms with Crippen molar-refractivity contribution in [3.05, 3.63) is 47.9 Å². The van der Waals surface area contributed by atoms with E-state index in [0.717, 1.165) is 68.8 Å². The van der Waals surface area contributed by atoms with Gasteiger partial charge in [0.2, 0.25) is 0 Å². The summed E-state index contributed by atoms with van der Waals surface area (Å²) in [6.07, 6.45) is 1.63. The number of piperazine rings is 1. The molecule has 0 unspecified atom stereocenters. The Hall–Kier alpha value is -2.54. The van der Waals surface area contributed by atoms with Gasteiger partial charge in [0.1, 0.15) is 12.0 Å². The minimum absolute atomic E-state index is 0.514. The molecule has 0 saturated carbocycles. The molecule has 2 heterocycles. The molecule has 1 aromatic heterocycles. The third-order valence-electron chi connectivity index (χ3n) is 4.78. The summed E-state index contributed by atoms with van der Waals surface area (Å²) in [6.45, 7) is 13.3. The van der Waals surface area contributed by atoms with Crippen LogP contribution in [0.3, 0.4) is 0 Å². The molecule has 1 aliphatic heterocycles.